The quantitative estimate of drug-likeness (QED) is 0.812. The molecule has 2 aliphatic heterocycles. The molecule has 4 rings (SSSR count). The van der Waals surface area contributed by atoms with E-state index in [2.05, 4.69) is 9.88 Å². The maximum atomic E-state index is 12.4. The number of hydrogen-bond donors (Lipinski definition) is 0. The summed E-state index contributed by atoms with van der Waals surface area (Å²) in [5, 5.41) is 0. The smallest absolute Gasteiger partial charge is 0.261 e. The lowest BCUT2D eigenvalue weighted by atomic mass is 10.1. The number of hydrogen-bond acceptors (Lipinski definition) is 4. The highest BCUT2D eigenvalue weighted by atomic mass is 16.2. The van der Waals surface area contributed by atoms with Crippen LogP contribution >= 0.6 is 0 Å². The minimum absolute atomic E-state index is 0.222. The Labute approximate surface area is 140 Å². The predicted molar refractivity (Wildman–Crippen MR) is 89.4 cm³/mol. The van der Waals surface area contributed by atoms with E-state index in [1.54, 1.807) is 24.3 Å². The third kappa shape index (κ3) is 2.71. The van der Waals surface area contributed by atoms with Crippen LogP contribution in [-0.2, 0) is 13.1 Å². The molecule has 0 N–H and O–H groups in total. The van der Waals surface area contributed by atoms with E-state index in [1.165, 1.54) is 17.7 Å². The van der Waals surface area contributed by atoms with Gasteiger partial charge in [0.05, 0.1) is 29.1 Å². The maximum Gasteiger partial charge on any atom is 0.261 e. The summed E-state index contributed by atoms with van der Waals surface area (Å²) < 4.78 is 0. The summed E-state index contributed by atoms with van der Waals surface area (Å²) >= 11 is 0. The molecule has 0 radical (unpaired) electrons. The molecule has 122 valence electrons. The molecule has 1 aromatic carbocycles. The van der Waals surface area contributed by atoms with Crippen LogP contribution in [-0.4, -0.2) is 39.7 Å². The summed E-state index contributed by atoms with van der Waals surface area (Å²) in [7, 11) is 0. The lowest BCUT2D eigenvalue weighted by molar-refractivity contribution is 0.0640. The standard InChI is InChI=1S/C19H19N3O2/c23-18-16-8-1-2-9-17(16)19(24)22(18)13-15-7-5-6-14(20-15)12-21-10-3-4-11-21/h1-2,5-9H,3-4,10-13H2. The third-order valence-corrected chi connectivity index (χ3v) is 4.65. The minimum atomic E-state index is -0.234. The van der Waals surface area contributed by atoms with Gasteiger partial charge in [0.25, 0.3) is 11.8 Å². The van der Waals surface area contributed by atoms with Crippen molar-refractivity contribution in [3.05, 3.63) is 65.0 Å². The molecular weight excluding hydrogens is 302 g/mol. The molecule has 0 unspecified atom stereocenters. The zero-order chi connectivity index (χ0) is 16.5. The van der Waals surface area contributed by atoms with Crippen molar-refractivity contribution < 1.29 is 9.59 Å². The zero-order valence-electron chi connectivity index (χ0n) is 13.4. The molecule has 1 fully saturated rings. The number of benzene rings is 1. The summed E-state index contributed by atoms with van der Waals surface area (Å²) in [6.45, 7) is 3.28. The van der Waals surface area contributed by atoms with E-state index in [0.717, 1.165) is 31.0 Å². The molecule has 24 heavy (non-hydrogen) atoms. The maximum absolute atomic E-state index is 12.4. The van der Waals surface area contributed by atoms with Gasteiger partial charge in [0, 0.05) is 6.54 Å². The first-order valence-electron chi connectivity index (χ1n) is 8.35. The van der Waals surface area contributed by atoms with Crippen molar-refractivity contribution in [2.45, 2.75) is 25.9 Å². The molecule has 0 atom stereocenters. The first-order valence-corrected chi connectivity index (χ1v) is 8.35. The van der Waals surface area contributed by atoms with Gasteiger partial charge < -0.3 is 0 Å². The van der Waals surface area contributed by atoms with Crippen LogP contribution in [0.5, 0.6) is 0 Å². The van der Waals surface area contributed by atoms with E-state index in [9.17, 15) is 9.59 Å². The Kier molecular flexibility index (Phi) is 3.86. The molecule has 0 aliphatic carbocycles. The average Bonchev–Trinajstić information content (AvgIpc) is 3.19. The van der Waals surface area contributed by atoms with E-state index < -0.39 is 0 Å². The second kappa shape index (κ2) is 6.17. The van der Waals surface area contributed by atoms with Gasteiger partial charge in [0.15, 0.2) is 0 Å². The van der Waals surface area contributed by atoms with Crippen LogP contribution in [0.4, 0.5) is 0 Å². The van der Waals surface area contributed by atoms with E-state index in [-0.39, 0.29) is 18.4 Å². The van der Waals surface area contributed by atoms with Gasteiger partial charge in [0.2, 0.25) is 0 Å². The summed E-state index contributed by atoms with van der Waals surface area (Å²) in [6, 6.07) is 12.8. The van der Waals surface area contributed by atoms with Crippen LogP contribution in [0.3, 0.4) is 0 Å². The number of nitrogens with zero attached hydrogens (tertiary/aromatic N) is 3. The SMILES string of the molecule is O=C1c2ccccc2C(=O)N1Cc1cccc(CN2CCCC2)n1. The molecule has 1 saturated heterocycles. The second-order valence-corrected chi connectivity index (χ2v) is 6.35. The van der Waals surface area contributed by atoms with Crippen LogP contribution in [0.2, 0.25) is 0 Å². The molecule has 2 amide bonds. The Morgan fingerprint density at radius 2 is 1.38 bits per heavy atom. The van der Waals surface area contributed by atoms with Crippen molar-refractivity contribution in [3.63, 3.8) is 0 Å². The number of carbonyl (C=O) groups is 2. The minimum Gasteiger partial charge on any atom is -0.298 e. The number of amides is 2. The molecule has 1 aromatic heterocycles. The van der Waals surface area contributed by atoms with Crippen molar-refractivity contribution >= 4 is 11.8 Å². The van der Waals surface area contributed by atoms with E-state index >= 15 is 0 Å². The van der Waals surface area contributed by atoms with Crippen molar-refractivity contribution in [1.29, 1.82) is 0 Å². The van der Waals surface area contributed by atoms with Gasteiger partial charge in [-0.05, 0) is 50.2 Å². The molecule has 0 spiro atoms. The van der Waals surface area contributed by atoms with Crippen molar-refractivity contribution in [2.24, 2.45) is 0 Å². The summed E-state index contributed by atoms with van der Waals surface area (Å²) in [6.07, 6.45) is 2.49. The average molecular weight is 321 g/mol. The van der Waals surface area contributed by atoms with E-state index in [1.807, 2.05) is 18.2 Å². The Hall–Kier alpha value is -2.53. The Bertz CT molecular complexity index is 762. The highest BCUT2D eigenvalue weighted by molar-refractivity contribution is 6.21. The summed E-state index contributed by atoms with van der Waals surface area (Å²) in [5.74, 6) is -0.468. The summed E-state index contributed by atoms with van der Waals surface area (Å²) in [5.41, 5.74) is 2.71. The summed E-state index contributed by atoms with van der Waals surface area (Å²) in [4.78, 5) is 33.2. The lowest BCUT2D eigenvalue weighted by Gasteiger charge is -2.16. The third-order valence-electron chi connectivity index (χ3n) is 4.65. The first-order chi connectivity index (χ1) is 11.7. The topological polar surface area (TPSA) is 53.5 Å². The number of rotatable bonds is 4. The molecule has 0 saturated carbocycles. The van der Waals surface area contributed by atoms with Gasteiger partial charge >= 0.3 is 0 Å². The predicted octanol–water partition coefficient (Wildman–Crippen LogP) is 2.47. The fourth-order valence-corrected chi connectivity index (χ4v) is 3.42. The van der Waals surface area contributed by atoms with Crippen LogP contribution in [0.15, 0.2) is 42.5 Å². The molecular formula is C19H19N3O2. The molecule has 5 heteroatoms. The number of aromatic nitrogens is 1. The van der Waals surface area contributed by atoms with Gasteiger partial charge in [0.1, 0.15) is 0 Å². The molecule has 5 nitrogen and oxygen atoms in total. The Morgan fingerprint density at radius 1 is 0.792 bits per heavy atom. The normalized spacial score (nSPS) is 17.6. The van der Waals surface area contributed by atoms with Gasteiger partial charge in [-0.2, -0.15) is 0 Å². The Balaban J connectivity index is 1.52. The molecule has 2 aliphatic rings. The van der Waals surface area contributed by atoms with Crippen LogP contribution in [0.25, 0.3) is 0 Å². The van der Waals surface area contributed by atoms with Crippen LogP contribution in [0.1, 0.15) is 44.9 Å². The fraction of sp³-hybridized carbons (Fsp3) is 0.316. The fourth-order valence-electron chi connectivity index (χ4n) is 3.42. The largest absolute Gasteiger partial charge is 0.298 e. The van der Waals surface area contributed by atoms with Gasteiger partial charge in [-0.25, -0.2) is 0 Å². The van der Waals surface area contributed by atoms with E-state index in [4.69, 9.17) is 0 Å². The number of pyridine rings is 1. The first kappa shape index (κ1) is 15.0. The van der Waals surface area contributed by atoms with Gasteiger partial charge in [-0.3, -0.25) is 24.4 Å². The number of likely N-dealkylation sites (tertiary alicyclic amines) is 1. The van der Waals surface area contributed by atoms with Crippen LogP contribution < -0.4 is 0 Å². The zero-order valence-corrected chi connectivity index (χ0v) is 13.4. The lowest BCUT2D eigenvalue weighted by Crippen LogP contribution is -2.29. The van der Waals surface area contributed by atoms with Crippen molar-refractivity contribution in [2.75, 3.05) is 13.1 Å². The van der Waals surface area contributed by atoms with Gasteiger partial charge in [-0.1, -0.05) is 18.2 Å². The highest BCUT2D eigenvalue weighted by Crippen LogP contribution is 2.24. The Morgan fingerprint density at radius 3 is 2.00 bits per heavy atom. The van der Waals surface area contributed by atoms with Gasteiger partial charge in [-0.15, -0.1) is 0 Å². The van der Waals surface area contributed by atoms with E-state index in [0.29, 0.717) is 11.1 Å². The highest BCUT2D eigenvalue weighted by Gasteiger charge is 2.35. The molecule has 0 bridgehead atoms. The number of imide groups is 1. The van der Waals surface area contributed by atoms with Crippen molar-refractivity contribution in [1.82, 2.24) is 14.8 Å². The molecule has 3 heterocycles. The second-order valence-electron chi connectivity index (χ2n) is 6.35. The number of fused-ring (bicyclic) bond motifs is 1. The number of carbonyl (C=O) groups excluding carboxylic acids is 2. The molecule has 2 aromatic rings. The monoisotopic (exact) mass is 321 g/mol. The van der Waals surface area contributed by atoms with Crippen LogP contribution in [0, 0.1) is 0 Å². The van der Waals surface area contributed by atoms with Crippen molar-refractivity contribution in [3.8, 4) is 0 Å².